The van der Waals surface area contributed by atoms with E-state index in [1.807, 2.05) is 36.4 Å². The molecule has 4 aromatic rings. The van der Waals surface area contributed by atoms with Crippen molar-refractivity contribution in [1.82, 2.24) is 0 Å². The summed E-state index contributed by atoms with van der Waals surface area (Å²) < 4.78 is 17.7. The molecule has 4 aromatic carbocycles. The Balaban J connectivity index is 1.63. The predicted octanol–water partition coefficient (Wildman–Crippen LogP) is 5.68. The quantitative estimate of drug-likeness (QED) is 0.131. The Bertz CT molecular complexity index is 1500. The summed E-state index contributed by atoms with van der Waals surface area (Å²) in [6.07, 6.45) is 0.240. The van der Waals surface area contributed by atoms with Gasteiger partial charge < -0.3 is 30.4 Å². The molecule has 0 aliphatic heterocycles. The first-order valence-electron chi connectivity index (χ1n) is 13.2. The number of aliphatic hydroxyl groups excluding tert-OH is 1. The highest BCUT2D eigenvalue weighted by molar-refractivity contribution is 6.01. The smallest absolute Gasteiger partial charge is 0.412 e. The topological polar surface area (TPSA) is 132 Å². The minimum atomic E-state index is -1.01. The highest BCUT2D eigenvalue weighted by atomic mass is 16.6. The lowest BCUT2D eigenvalue weighted by molar-refractivity contribution is -0.112. The van der Waals surface area contributed by atoms with E-state index in [-0.39, 0.29) is 19.8 Å². The lowest BCUT2D eigenvalue weighted by Crippen LogP contribution is -2.28. The van der Waals surface area contributed by atoms with Crippen LogP contribution >= 0.6 is 0 Å². The van der Waals surface area contributed by atoms with Crippen molar-refractivity contribution in [3.8, 4) is 5.75 Å². The predicted molar refractivity (Wildman–Crippen MR) is 160 cm³/mol. The van der Waals surface area contributed by atoms with Crippen LogP contribution in [0.15, 0.2) is 103 Å². The summed E-state index contributed by atoms with van der Waals surface area (Å²) in [5.74, 6) is -0.0273. The number of amides is 2. The molecule has 0 radical (unpaired) electrons. The zero-order chi connectivity index (χ0) is 29.0. The van der Waals surface area contributed by atoms with Crippen LogP contribution in [0.4, 0.5) is 21.9 Å². The van der Waals surface area contributed by atoms with E-state index in [0.29, 0.717) is 28.4 Å². The van der Waals surface area contributed by atoms with Gasteiger partial charge in [0.1, 0.15) is 18.5 Å². The lowest BCUT2D eigenvalue weighted by Gasteiger charge is -2.27. The van der Waals surface area contributed by atoms with Crippen molar-refractivity contribution in [2.75, 3.05) is 36.2 Å². The molecule has 0 heterocycles. The highest BCUT2D eigenvalue weighted by Crippen LogP contribution is 2.33. The number of nitrogens with two attached hydrogens (primary N) is 1. The number of carbonyl (C=O) groups is 2. The third-order valence-electron chi connectivity index (χ3n) is 6.15. The molecule has 2 atom stereocenters. The number of hydrogen-bond donors (Lipinski definition) is 4. The molecule has 5 N–H and O–H groups in total. The van der Waals surface area contributed by atoms with Gasteiger partial charge in [-0.05, 0) is 42.7 Å². The van der Waals surface area contributed by atoms with E-state index < -0.39 is 24.2 Å². The fourth-order valence-electron chi connectivity index (χ4n) is 4.30. The second kappa shape index (κ2) is 14.5. The third kappa shape index (κ3) is 7.84. The number of anilines is 3. The molecule has 0 unspecified atom stereocenters. The number of ether oxygens (including phenoxy) is 3. The summed E-state index contributed by atoms with van der Waals surface area (Å²) >= 11 is 0. The van der Waals surface area contributed by atoms with Gasteiger partial charge in [-0.3, -0.25) is 10.1 Å². The third-order valence-corrected chi connectivity index (χ3v) is 6.15. The molecule has 4 rings (SSSR count). The maximum Gasteiger partial charge on any atom is 0.412 e. The first kappa shape index (κ1) is 29.1. The van der Waals surface area contributed by atoms with Gasteiger partial charge in [0.05, 0.1) is 23.7 Å². The molecule has 0 fully saturated rings. The summed E-state index contributed by atoms with van der Waals surface area (Å²) in [7, 11) is 0. The van der Waals surface area contributed by atoms with Crippen molar-refractivity contribution in [2.45, 2.75) is 19.1 Å². The highest BCUT2D eigenvalue weighted by Gasteiger charge is 2.29. The largest absolute Gasteiger partial charge is 0.491 e. The second-order valence-corrected chi connectivity index (χ2v) is 8.94. The average molecular weight is 556 g/mol. The zero-order valence-corrected chi connectivity index (χ0v) is 22.7. The summed E-state index contributed by atoms with van der Waals surface area (Å²) in [5, 5.41) is 16.7. The monoisotopic (exact) mass is 555 g/mol. The minimum absolute atomic E-state index is 0.0436. The summed E-state index contributed by atoms with van der Waals surface area (Å²) in [5.41, 5.74) is 7.93. The van der Waals surface area contributed by atoms with Crippen molar-refractivity contribution in [3.63, 3.8) is 0 Å². The fourth-order valence-corrected chi connectivity index (χ4v) is 4.30. The summed E-state index contributed by atoms with van der Waals surface area (Å²) in [4.78, 5) is 26.1. The number of para-hydroxylation sites is 3. The SMILES string of the molecule is CCO[C@H](/C=C/C(=O)Nc1ccccc1N)[C@H](OC(=O)Nc1cccc2ccccc12)c1ccccc1OCCO. The number of carbonyl (C=O) groups excluding carboxylic acids is 2. The Morgan fingerprint density at radius 2 is 1.61 bits per heavy atom. The molecule has 9 heteroatoms. The normalized spacial score (nSPS) is 12.5. The van der Waals surface area contributed by atoms with Gasteiger partial charge >= 0.3 is 6.09 Å². The van der Waals surface area contributed by atoms with Crippen LogP contribution in [0.1, 0.15) is 18.6 Å². The van der Waals surface area contributed by atoms with Gasteiger partial charge in [0, 0.05) is 23.6 Å². The van der Waals surface area contributed by atoms with E-state index in [1.165, 1.54) is 12.2 Å². The number of aliphatic hydroxyl groups is 1. The lowest BCUT2D eigenvalue weighted by atomic mass is 10.0. The molecule has 0 saturated carbocycles. The van der Waals surface area contributed by atoms with Gasteiger partial charge in [0.15, 0.2) is 6.10 Å². The minimum Gasteiger partial charge on any atom is -0.491 e. The Morgan fingerprint density at radius 1 is 0.902 bits per heavy atom. The van der Waals surface area contributed by atoms with Crippen LogP contribution in [-0.2, 0) is 14.3 Å². The fraction of sp³-hybridized carbons (Fsp3) is 0.188. The van der Waals surface area contributed by atoms with Gasteiger partial charge in [0.25, 0.3) is 0 Å². The number of rotatable bonds is 12. The van der Waals surface area contributed by atoms with Crippen molar-refractivity contribution in [1.29, 1.82) is 0 Å². The van der Waals surface area contributed by atoms with Gasteiger partial charge in [-0.25, -0.2) is 4.79 Å². The standard InChI is InChI=1S/C32H33N3O6/c1-2-39-29(18-19-30(37)34-27-15-7-6-14-25(27)33)31(24-13-5-8-17-28(24)40-21-20-36)41-32(38)35-26-16-9-11-22-10-3-4-12-23(22)26/h3-19,29,31,36H,2,20-21,33H2,1H3,(H,34,37)(H,35,38)/b19-18+/t29-,31-/m1/s1. The molecule has 0 aromatic heterocycles. The Morgan fingerprint density at radius 3 is 2.41 bits per heavy atom. The number of fused-ring (bicyclic) bond motifs is 1. The van der Waals surface area contributed by atoms with E-state index in [0.717, 1.165) is 10.8 Å². The molecule has 0 spiro atoms. The Hall–Kier alpha value is -4.86. The van der Waals surface area contributed by atoms with Gasteiger partial charge in [0.2, 0.25) is 5.91 Å². The Labute approximate surface area is 238 Å². The molecule has 0 bridgehead atoms. The van der Waals surface area contributed by atoms with Crippen LogP contribution in [0, 0.1) is 0 Å². The van der Waals surface area contributed by atoms with Crippen LogP contribution in [0.5, 0.6) is 5.75 Å². The molecule has 0 saturated heterocycles. The van der Waals surface area contributed by atoms with Crippen LogP contribution in [0.3, 0.4) is 0 Å². The first-order chi connectivity index (χ1) is 20.0. The van der Waals surface area contributed by atoms with Crippen LogP contribution < -0.4 is 21.1 Å². The molecular formula is C32H33N3O6. The maximum atomic E-state index is 13.3. The van der Waals surface area contributed by atoms with E-state index in [9.17, 15) is 14.7 Å². The van der Waals surface area contributed by atoms with E-state index in [4.69, 9.17) is 19.9 Å². The van der Waals surface area contributed by atoms with Crippen LogP contribution in [0.2, 0.25) is 0 Å². The number of benzene rings is 4. The summed E-state index contributed by atoms with van der Waals surface area (Å²) in [6, 6.07) is 27.2. The van der Waals surface area contributed by atoms with E-state index in [1.54, 1.807) is 61.5 Å². The zero-order valence-electron chi connectivity index (χ0n) is 22.7. The molecule has 2 amide bonds. The van der Waals surface area contributed by atoms with Gasteiger partial charge in [-0.1, -0.05) is 66.7 Å². The molecule has 0 aliphatic rings. The number of nitrogens with one attached hydrogen (secondary N) is 2. The van der Waals surface area contributed by atoms with Crippen LogP contribution in [-0.4, -0.2) is 43.0 Å². The first-order valence-corrected chi connectivity index (χ1v) is 13.2. The maximum absolute atomic E-state index is 13.3. The van der Waals surface area contributed by atoms with Gasteiger partial charge in [-0.2, -0.15) is 0 Å². The molecule has 9 nitrogen and oxygen atoms in total. The molecular weight excluding hydrogens is 522 g/mol. The number of nitrogen functional groups attached to an aromatic ring is 1. The van der Waals surface area contributed by atoms with Crippen LogP contribution in [0.25, 0.3) is 10.8 Å². The van der Waals surface area contributed by atoms with Crippen molar-refractivity contribution >= 4 is 39.8 Å². The van der Waals surface area contributed by atoms with E-state index >= 15 is 0 Å². The second-order valence-electron chi connectivity index (χ2n) is 8.94. The van der Waals surface area contributed by atoms with Crippen molar-refractivity contribution in [2.24, 2.45) is 0 Å². The van der Waals surface area contributed by atoms with Crippen molar-refractivity contribution in [3.05, 3.63) is 109 Å². The summed E-state index contributed by atoms with van der Waals surface area (Å²) in [6.45, 7) is 1.92. The molecule has 212 valence electrons. The molecule has 0 aliphatic carbocycles. The number of hydrogen-bond acceptors (Lipinski definition) is 7. The Kier molecular flexibility index (Phi) is 10.3. The molecule has 41 heavy (non-hydrogen) atoms. The van der Waals surface area contributed by atoms with E-state index in [2.05, 4.69) is 10.6 Å². The van der Waals surface area contributed by atoms with Gasteiger partial charge in [-0.15, -0.1) is 0 Å². The van der Waals surface area contributed by atoms with Crippen molar-refractivity contribution < 1.29 is 28.9 Å². The average Bonchev–Trinajstić information content (AvgIpc) is 2.99.